The van der Waals surface area contributed by atoms with Crippen molar-refractivity contribution < 1.29 is 14.3 Å². The molecule has 2 N–H and O–H groups in total. The van der Waals surface area contributed by atoms with Gasteiger partial charge in [-0.1, -0.05) is 6.07 Å². The summed E-state index contributed by atoms with van der Waals surface area (Å²) < 4.78 is 10.2. The number of benzene rings is 1. The molecule has 1 aromatic rings. The van der Waals surface area contributed by atoms with Crippen molar-refractivity contribution in [3.63, 3.8) is 0 Å². The van der Waals surface area contributed by atoms with Crippen LogP contribution >= 0.6 is 0 Å². The van der Waals surface area contributed by atoms with Crippen molar-refractivity contribution in [3.8, 4) is 5.75 Å². The molecular weight excluding hydrogens is 206 g/mol. The van der Waals surface area contributed by atoms with Crippen LogP contribution in [0.4, 0.5) is 5.69 Å². The Labute approximate surface area is 95.3 Å². The SMILES string of the molecule is COc1ccc(C)c(N)c1C(=O)OC(C)C. The minimum Gasteiger partial charge on any atom is -0.496 e. The molecule has 0 aliphatic carbocycles. The molecule has 0 heterocycles. The molecule has 0 bridgehead atoms. The predicted octanol–water partition coefficient (Wildman–Crippen LogP) is 2.15. The first-order valence-corrected chi connectivity index (χ1v) is 5.11. The number of carbonyl (C=O) groups is 1. The summed E-state index contributed by atoms with van der Waals surface area (Å²) in [6.45, 7) is 5.41. The zero-order valence-electron chi connectivity index (χ0n) is 10.0. The van der Waals surface area contributed by atoms with Crippen molar-refractivity contribution in [2.75, 3.05) is 12.8 Å². The molecule has 0 atom stereocenters. The third-order valence-corrected chi connectivity index (χ3v) is 2.19. The van der Waals surface area contributed by atoms with Gasteiger partial charge >= 0.3 is 5.97 Å². The summed E-state index contributed by atoms with van der Waals surface area (Å²) in [7, 11) is 1.50. The second-order valence-electron chi connectivity index (χ2n) is 3.83. The molecule has 4 nitrogen and oxygen atoms in total. The topological polar surface area (TPSA) is 61.5 Å². The number of esters is 1. The monoisotopic (exact) mass is 223 g/mol. The average Bonchev–Trinajstić information content (AvgIpc) is 2.20. The quantitative estimate of drug-likeness (QED) is 0.630. The Morgan fingerprint density at radius 2 is 2.00 bits per heavy atom. The van der Waals surface area contributed by atoms with Gasteiger partial charge in [-0.2, -0.15) is 0 Å². The van der Waals surface area contributed by atoms with Crippen LogP contribution in [0.1, 0.15) is 29.8 Å². The number of hydrogen-bond acceptors (Lipinski definition) is 4. The van der Waals surface area contributed by atoms with Gasteiger partial charge in [0.25, 0.3) is 0 Å². The van der Waals surface area contributed by atoms with Gasteiger partial charge in [-0.05, 0) is 32.4 Å². The molecule has 0 amide bonds. The molecule has 0 aliphatic rings. The number of nitrogens with two attached hydrogens (primary N) is 1. The number of anilines is 1. The van der Waals surface area contributed by atoms with Crippen molar-refractivity contribution in [2.45, 2.75) is 26.9 Å². The molecular formula is C12H17NO3. The summed E-state index contributed by atoms with van der Waals surface area (Å²) in [5, 5.41) is 0. The fourth-order valence-corrected chi connectivity index (χ4v) is 1.36. The first-order valence-electron chi connectivity index (χ1n) is 5.11. The second-order valence-corrected chi connectivity index (χ2v) is 3.83. The van der Waals surface area contributed by atoms with E-state index < -0.39 is 5.97 Å². The molecule has 0 saturated heterocycles. The lowest BCUT2D eigenvalue weighted by molar-refractivity contribution is 0.0375. The number of aryl methyl sites for hydroxylation is 1. The maximum atomic E-state index is 11.8. The Balaban J connectivity index is 3.19. The molecule has 4 heteroatoms. The van der Waals surface area contributed by atoms with Gasteiger partial charge in [-0.3, -0.25) is 0 Å². The number of ether oxygens (including phenoxy) is 2. The second kappa shape index (κ2) is 4.88. The standard InChI is InChI=1S/C12H17NO3/c1-7(2)16-12(14)10-9(15-4)6-5-8(3)11(10)13/h5-7H,13H2,1-4H3. The smallest absolute Gasteiger partial charge is 0.344 e. The largest absolute Gasteiger partial charge is 0.496 e. The van der Waals surface area contributed by atoms with Gasteiger partial charge in [-0.25, -0.2) is 4.79 Å². The third-order valence-electron chi connectivity index (χ3n) is 2.19. The summed E-state index contributed by atoms with van der Waals surface area (Å²) in [6, 6.07) is 3.52. The molecule has 16 heavy (non-hydrogen) atoms. The highest BCUT2D eigenvalue weighted by Gasteiger charge is 2.19. The van der Waals surface area contributed by atoms with Gasteiger partial charge in [0.15, 0.2) is 0 Å². The number of nitrogen functional groups attached to an aromatic ring is 1. The number of rotatable bonds is 3. The molecule has 0 spiro atoms. The minimum absolute atomic E-state index is 0.183. The maximum Gasteiger partial charge on any atom is 0.344 e. The van der Waals surface area contributed by atoms with E-state index in [9.17, 15) is 4.79 Å². The molecule has 0 saturated carbocycles. The van der Waals surface area contributed by atoms with E-state index in [0.29, 0.717) is 17.0 Å². The van der Waals surface area contributed by atoms with E-state index in [1.165, 1.54) is 7.11 Å². The van der Waals surface area contributed by atoms with E-state index in [2.05, 4.69) is 0 Å². The van der Waals surface area contributed by atoms with Crippen LogP contribution in [0.2, 0.25) is 0 Å². The normalized spacial score (nSPS) is 10.3. The van der Waals surface area contributed by atoms with E-state index in [1.807, 2.05) is 6.92 Å². The van der Waals surface area contributed by atoms with Gasteiger partial charge in [0.1, 0.15) is 11.3 Å². The van der Waals surface area contributed by atoms with Crippen LogP contribution in [0.5, 0.6) is 5.75 Å². The van der Waals surface area contributed by atoms with E-state index in [1.54, 1.807) is 26.0 Å². The highest BCUT2D eigenvalue weighted by molar-refractivity contribution is 5.99. The molecule has 88 valence electrons. The molecule has 0 radical (unpaired) electrons. The first kappa shape index (κ1) is 12.4. The van der Waals surface area contributed by atoms with Crippen LogP contribution in [-0.2, 0) is 4.74 Å². The lowest BCUT2D eigenvalue weighted by atomic mass is 10.1. The fraction of sp³-hybridized carbons (Fsp3) is 0.417. The maximum absolute atomic E-state index is 11.8. The van der Waals surface area contributed by atoms with Crippen LogP contribution in [0.3, 0.4) is 0 Å². The number of carbonyl (C=O) groups excluding carboxylic acids is 1. The van der Waals surface area contributed by atoms with Crippen molar-refractivity contribution in [1.82, 2.24) is 0 Å². The Kier molecular flexibility index (Phi) is 3.77. The summed E-state index contributed by atoms with van der Waals surface area (Å²) in [6.07, 6.45) is -0.183. The Hall–Kier alpha value is -1.71. The number of hydrogen-bond donors (Lipinski definition) is 1. The van der Waals surface area contributed by atoms with Crippen LogP contribution in [0, 0.1) is 6.92 Å². The van der Waals surface area contributed by atoms with Crippen LogP contribution in [-0.4, -0.2) is 19.2 Å². The molecule has 0 unspecified atom stereocenters. The van der Waals surface area contributed by atoms with Crippen LogP contribution in [0.25, 0.3) is 0 Å². The number of methoxy groups -OCH3 is 1. The summed E-state index contributed by atoms with van der Waals surface area (Å²) in [4.78, 5) is 11.8. The molecule has 0 aliphatic heterocycles. The van der Waals surface area contributed by atoms with E-state index >= 15 is 0 Å². The molecule has 1 rings (SSSR count). The zero-order chi connectivity index (χ0) is 12.3. The Morgan fingerprint density at radius 3 is 2.50 bits per heavy atom. The predicted molar refractivity (Wildman–Crippen MR) is 62.7 cm³/mol. The molecule has 0 aromatic heterocycles. The highest BCUT2D eigenvalue weighted by Crippen LogP contribution is 2.28. The fourth-order valence-electron chi connectivity index (χ4n) is 1.36. The van der Waals surface area contributed by atoms with Gasteiger partial charge in [0.2, 0.25) is 0 Å². The van der Waals surface area contributed by atoms with Crippen LogP contribution in [0.15, 0.2) is 12.1 Å². The van der Waals surface area contributed by atoms with E-state index in [4.69, 9.17) is 15.2 Å². The van der Waals surface area contributed by atoms with E-state index in [0.717, 1.165) is 5.56 Å². The van der Waals surface area contributed by atoms with Gasteiger partial charge in [0, 0.05) is 0 Å². The summed E-state index contributed by atoms with van der Waals surface area (Å²) >= 11 is 0. The average molecular weight is 223 g/mol. The first-order chi connectivity index (χ1) is 7.47. The van der Waals surface area contributed by atoms with Crippen LogP contribution < -0.4 is 10.5 Å². The lowest BCUT2D eigenvalue weighted by Crippen LogP contribution is -2.15. The Bertz CT molecular complexity index is 399. The summed E-state index contributed by atoms with van der Waals surface area (Å²) in [5.41, 5.74) is 7.39. The van der Waals surface area contributed by atoms with Gasteiger partial charge in [0.05, 0.1) is 18.9 Å². The van der Waals surface area contributed by atoms with Crippen molar-refractivity contribution in [2.24, 2.45) is 0 Å². The Morgan fingerprint density at radius 1 is 1.38 bits per heavy atom. The summed E-state index contributed by atoms with van der Waals surface area (Å²) in [5.74, 6) is -0.0122. The third kappa shape index (κ3) is 2.45. The van der Waals surface area contributed by atoms with Crippen molar-refractivity contribution >= 4 is 11.7 Å². The molecule has 0 fully saturated rings. The van der Waals surface area contributed by atoms with Crippen molar-refractivity contribution in [3.05, 3.63) is 23.3 Å². The lowest BCUT2D eigenvalue weighted by Gasteiger charge is -2.14. The van der Waals surface area contributed by atoms with Gasteiger partial charge < -0.3 is 15.2 Å². The van der Waals surface area contributed by atoms with Gasteiger partial charge in [-0.15, -0.1) is 0 Å². The zero-order valence-corrected chi connectivity index (χ0v) is 10.0. The minimum atomic E-state index is -0.451. The molecule has 1 aromatic carbocycles. The van der Waals surface area contributed by atoms with Crippen molar-refractivity contribution in [1.29, 1.82) is 0 Å². The van der Waals surface area contributed by atoms with E-state index in [-0.39, 0.29) is 6.10 Å². The highest BCUT2D eigenvalue weighted by atomic mass is 16.5.